The van der Waals surface area contributed by atoms with Crippen molar-refractivity contribution in [2.24, 2.45) is 0 Å². The Bertz CT molecular complexity index is 779. The molecule has 0 amide bonds. The van der Waals surface area contributed by atoms with E-state index in [1.54, 1.807) is 0 Å². The topological polar surface area (TPSA) is 23.9 Å². The summed E-state index contributed by atoms with van der Waals surface area (Å²) in [7, 11) is 0. The number of allylic oxidation sites excluding steroid dienone is 4. The number of rotatable bonds is 5. The van der Waals surface area contributed by atoms with E-state index in [9.17, 15) is 0 Å². The third-order valence-corrected chi connectivity index (χ3v) is 4.70. The molecule has 0 unspecified atom stereocenters. The molecule has 1 heteroatoms. The lowest BCUT2D eigenvalue weighted by atomic mass is 9.94. The van der Waals surface area contributed by atoms with E-state index in [0.717, 1.165) is 42.4 Å². The van der Waals surface area contributed by atoms with E-state index in [2.05, 4.69) is 49.4 Å². The lowest BCUT2D eigenvalue weighted by molar-refractivity contribution is 0.723. The highest BCUT2D eigenvalue weighted by Gasteiger charge is 2.16. The van der Waals surface area contributed by atoms with Crippen LogP contribution in [0, 0.1) is 5.41 Å². The van der Waals surface area contributed by atoms with E-state index in [4.69, 9.17) is 6.78 Å². The molecule has 1 fully saturated rings. The highest BCUT2D eigenvalue weighted by atomic mass is 14.3. The van der Waals surface area contributed by atoms with E-state index < -0.39 is 5.89 Å². The van der Waals surface area contributed by atoms with Crippen molar-refractivity contribution in [2.45, 2.75) is 38.5 Å². The Hall–Kier alpha value is -2.41. The van der Waals surface area contributed by atoms with Crippen molar-refractivity contribution in [3.8, 4) is 0 Å². The first kappa shape index (κ1) is 15.1. The summed E-state index contributed by atoms with van der Waals surface area (Å²) in [6, 6.07) is 18.7. The van der Waals surface area contributed by atoms with Crippen LogP contribution in [0.25, 0.3) is 11.1 Å². The molecule has 122 valence electrons. The normalized spacial score (nSPS) is 18.3. The van der Waals surface area contributed by atoms with E-state index in [0.29, 0.717) is 0 Å². The molecule has 2 aromatic carbocycles. The maximum Gasteiger partial charge on any atom is 0.0352 e. The fraction of sp³-hybridized carbons (Fsp3) is 0.261. The summed E-state index contributed by atoms with van der Waals surface area (Å²) < 4.78 is 8.64. The zero-order valence-corrected chi connectivity index (χ0v) is 14.3. The van der Waals surface area contributed by atoms with Crippen LogP contribution in [-0.2, 0) is 0 Å². The fourth-order valence-electron chi connectivity index (χ4n) is 3.32. The summed E-state index contributed by atoms with van der Waals surface area (Å²) in [5, 5.41) is 7.48. The molecule has 0 radical (unpaired) electrons. The molecule has 1 N–H and O–H groups in total. The average molecular weight is 316 g/mol. The van der Waals surface area contributed by atoms with Gasteiger partial charge >= 0.3 is 0 Å². The smallest absolute Gasteiger partial charge is 0.0352 e. The van der Waals surface area contributed by atoms with Crippen LogP contribution < -0.4 is 0 Å². The van der Waals surface area contributed by atoms with Crippen LogP contribution in [0.3, 0.4) is 0 Å². The maximum atomic E-state index is 8.64. The van der Waals surface area contributed by atoms with E-state index >= 15 is 0 Å². The second-order valence-corrected chi connectivity index (χ2v) is 6.37. The molecule has 2 aromatic rings. The molecule has 1 aliphatic carbocycles. The van der Waals surface area contributed by atoms with Gasteiger partial charge in [0.1, 0.15) is 0 Å². The van der Waals surface area contributed by atoms with Gasteiger partial charge in [-0.1, -0.05) is 73.5 Å². The van der Waals surface area contributed by atoms with Crippen molar-refractivity contribution < 1.29 is 1.37 Å². The Kier molecular flexibility index (Phi) is 4.99. The molecule has 1 aliphatic rings. The van der Waals surface area contributed by atoms with E-state index in [-0.39, 0.29) is 0 Å². The first-order valence-corrected chi connectivity index (χ1v) is 8.68. The monoisotopic (exact) mass is 316 g/mol. The SMILES string of the molecule is [2H]C1(c2ccc(C(/C=C(\C)c3ccccc3)=C/C=N)cc2)CCCC1. The van der Waals surface area contributed by atoms with Crippen LogP contribution in [0.15, 0.2) is 66.7 Å². The molecule has 1 nitrogen and oxygen atoms in total. The van der Waals surface area contributed by atoms with Crippen LogP contribution in [0.5, 0.6) is 0 Å². The first-order valence-electron chi connectivity index (χ1n) is 9.18. The Morgan fingerprint density at radius 2 is 1.67 bits per heavy atom. The van der Waals surface area contributed by atoms with Gasteiger partial charge in [-0.2, -0.15) is 0 Å². The number of nitrogens with one attached hydrogen (secondary N) is 1. The maximum absolute atomic E-state index is 8.64. The van der Waals surface area contributed by atoms with Gasteiger partial charge in [-0.25, -0.2) is 0 Å². The predicted octanol–water partition coefficient (Wildman–Crippen LogP) is 6.48. The van der Waals surface area contributed by atoms with Crippen LogP contribution in [0.4, 0.5) is 0 Å². The van der Waals surface area contributed by atoms with Gasteiger partial charge in [0.2, 0.25) is 0 Å². The van der Waals surface area contributed by atoms with Crippen molar-refractivity contribution in [2.75, 3.05) is 0 Å². The van der Waals surface area contributed by atoms with Crippen molar-refractivity contribution in [1.29, 1.82) is 5.41 Å². The Morgan fingerprint density at radius 1 is 1.00 bits per heavy atom. The second kappa shape index (κ2) is 7.92. The minimum Gasteiger partial charge on any atom is -0.309 e. The summed E-state index contributed by atoms with van der Waals surface area (Å²) in [5.74, 6) is -0.403. The predicted molar refractivity (Wildman–Crippen MR) is 105 cm³/mol. The van der Waals surface area contributed by atoms with Crippen LogP contribution in [0.2, 0.25) is 0 Å². The van der Waals surface area contributed by atoms with Crippen molar-refractivity contribution in [3.63, 3.8) is 0 Å². The first-order chi connectivity index (χ1) is 12.1. The molecule has 0 aromatic heterocycles. The van der Waals surface area contributed by atoms with Crippen molar-refractivity contribution in [1.82, 2.24) is 0 Å². The van der Waals surface area contributed by atoms with Gasteiger partial charge in [-0.3, -0.25) is 0 Å². The molecule has 0 atom stereocenters. The molecule has 1 saturated carbocycles. The second-order valence-electron chi connectivity index (χ2n) is 6.37. The summed E-state index contributed by atoms with van der Waals surface area (Å²) in [6.45, 7) is 2.10. The number of hydrogen-bond acceptors (Lipinski definition) is 1. The standard InChI is InChI=1S/C23H25N/c1-18(19-7-3-2-4-8-19)17-23(15-16-24)22-13-11-21(12-14-22)20-9-5-6-10-20/h2-4,7-8,11-17,20,24H,5-6,9-10H2,1H3/b18-17+,23-15+,24-16?/i20D. The molecule has 0 spiro atoms. The quantitative estimate of drug-likeness (QED) is 0.482. The van der Waals surface area contributed by atoms with Gasteiger partial charge in [0, 0.05) is 7.59 Å². The molecule has 0 heterocycles. The molecule has 0 aliphatic heterocycles. The fourth-order valence-corrected chi connectivity index (χ4v) is 3.32. The van der Waals surface area contributed by atoms with Gasteiger partial charge in [-0.05, 0) is 59.6 Å². The zero-order chi connectivity index (χ0) is 17.7. The average Bonchev–Trinajstić information content (AvgIpc) is 3.10. The van der Waals surface area contributed by atoms with Gasteiger partial charge in [0.15, 0.2) is 0 Å². The summed E-state index contributed by atoms with van der Waals surface area (Å²) in [4.78, 5) is 0. The molecular formula is C23H25N. The van der Waals surface area contributed by atoms with Crippen molar-refractivity contribution in [3.05, 3.63) is 83.4 Å². The number of hydrogen-bond donors (Lipinski definition) is 1. The van der Waals surface area contributed by atoms with Crippen molar-refractivity contribution >= 4 is 17.4 Å². The highest BCUT2D eigenvalue weighted by Crippen LogP contribution is 2.34. The van der Waals surface area contributed by atoms with E-state index in [1.165, 1.54) is 17.4 Å². The van der Waals surface area contributed by atoms with Crippen LogP contribution in [-0.4, -0.2) is 6.21 Å². The molecular weight excluding hydrogens is 290 g/mol. The van der Waals surface area contributed by atoms with Crippen LogP contribution in [0.1, 0.15) is 56.6 Å². The summed E-state index contributed by atoms with van der Waals surface area (Å²) >= 11 is 0. The lowest BCUT2D eigenvalue weighted by Crippen LogP contribution is -1.92. The zero-order valence-electron chi connectivity index (χ0n) is 15.3. The van der Waals surface area contributed by atoms with E-state index in [1.807, 2.05) is 24.3 Å². The third kappa shape index (κ3) is 3.91. The third-order valence-electron chi connectivity index (χ3n) is 4.70. The molecule has 0 saturated heterocycles. The molecule has 24 heavy (non-hydrogen) atoms. The van der Waals surface area contributed by atoms with Gasteiger partial charge < -0.3 is 5.41 Å². The summed E-state index contributed by atoms with van der Waals surface area (Å²) in [6.07, 6.45) is 9.52. The summed E-state index contributed by atoms with van der Waals surface area (Å²) in [5.41, 5.74) is 5.58. The van der Waals surface area contributed by atoms with Crippen LogP contribution >= 0.6 is 0 Å². The Balaban J connectivity index is 1.89. The minimum atomic E-state index is -0.403. The molecule has 0 bridgehead atoms. The Labute approximate surface area is 146 Å². The van der Waals surface area contributed by atoms with Gasteiger partial charge in [0.05, 0.1) is 0 Å². The molecule has 3 rings (SSSR count). The van der Waals surface area contributed by atoms with Gasteiger partial charge in [0.25, 0.3) is 0 Å². The largest absolute Gasteiger partial charge is 0.309 e. The highest BCUT2D eigenvalue weighted by molar-refractivity contribution is 5.91. The lowest BCUT2D eigenvalue weighted by Gasteiger charge is -2.11. The minimum absolute atomic E-state index is 0.403. The Morgan fingerprint density at radius 3 is 2.29 bits per heavy atom. The van der Waals surface area contributed by atoms with Gasteiger partial charge in [-0.15, -0.1) is 0 Å². The number of benzene rings is 2.